The summed E-state index contributed by atoms with van der Waals surface area (Å²) in [5.41, 5.74) is 5.24. The number of carbonyl (C=O) groups excluding carboxylic acids is 1. The van der Waals surface area contributed by atoms with Gasteiger partial charge in [-0.05, 0) is 24.5 Å². The van der Waals surface area contributed by atoms with Crippen molar-refractivity contribution in [2.45, 2.75) is 19.4 Å². The molecule has 6 heteroatoms. The van der Waals surface area contributed by atoms with Crippen molar-refractivity contribution in [2.75, 3.05) is 18.0 Å². The van der Waals surface area contributed by atoms with Crippen LogP contribution in [0.4, 0.5) is 5.82 Å². The third kappa shape index (κ3) is 2.52. The Labute approximate surface area is 99.4 Å². The first-order valence-corrected chi connectivity index (χ1v) is 5.64. The van der Waals surface area contributed by atoms with E-state index in [-0.39, 0.29) is 11.8 Å². The van der Waals surface area contributed by atoms with Gasteiger partial charge in [-0.15, -0.1) is 10.2 Å². The molecule has 0 aromatic carbocycles. The monoisotopic (exact) mass is 236 g/mol. The van der Waals surface area contributed by atoms with E-state index in [1.807, 2.05) is 11.8 Å². The number of rotatable bonds is 2. The zero-order valence-electron chi connectivity index (χ0n) is 9.71. The highest BCUT2D eigenvalue weighted by Gasteiger charge is 2.25. The van der Waals surface area contributed by atoms with Crippen LogP contribution in [0.2, 0.25) is 0 Å². The summed E-state index contributed by atoms with van der Waals surface area (Å²) in [6.07, 6.45) is 0.571. The van der Waals surface area contributed by atoms with Crippen molar-refractivity contribution in [2.24, 2.45) is 11.7 Å². The van der Waals surface area contributed by atoms with E-state index in [0.717, 1.165) is 13.0 Å². The summed E-state index contributed by atoms with van der Waals surface area (Å²) in [5.74, 6) is 0.390. The number of nitrogens with two attached hydrogens (primary N) is 1. The van der Waals surface area contributed by atoms with Crippen LogP contribution in [0.3, 0.4) is 0 Å². The molecule has 2 rings (SSSR count). The number of nitrogens with zero attached hydrogens (tertiary/aromatic N) is 3. The van der Waals surface area contributed by atoms with Crippen molar-refractivity contribution in [1.82, 2.24) is 10.2 Å². The molecule has 0 aliphatic carbocycles. The quantitative estimate of drug-likeness (QED) is 0.740. The van der Waals surface area contributed by atoms with Crippen LogP contribution in [-0.2, 0) is 0 Å². The average molecular weight is 236 g/mol. The van der Waals surface area contributed by atoms with Crippen LogP contribution in [0.5, 0.6) is 0 Å². The van der Waals surface area contributed by atoms with Gasteiger partial charge in [0.25, 0.3) is 5.91 Å². The number of piperidine rings is 1. The highest BCUT2D eigenvalue weighted by Crippen LogP contribution is 2.21. The Morgan fingerprint density at radius 1 is 1.53 bits per heavy atom. The molecule has 1 aliphatic rings. The van der Waals surface area contributed by atoms with Gasteiger partial charge in [-0.2, -0.15) is 0 Å². The SMILES string of the molecule is CC1CCN(c2ccc(C(N)=O)nn2)CC1O. The second-order valence-electron chi connectivity index (χ2n) is 4.42. The van der Waals surface area contributed by atoms with Gasteiger partial charge in [-0.1, -0.05) is 6.92 Å². The molecule has 1 amide bonds. The standard InChI is InChI=1S/C11H16N4O2/c1-7-4-5-15(6-9(7)16)10-3-2-8(11(12)17)13-14-10/h2-3,7,9,16H,4-6H2,1H3,(H2,12,17). The molecule has 2 heterocycles. The number of aliphatic hydroxyl groups excluding tert-OH is 1. The molecule has 6 nitrogen and oxygen atoms in total. The number of hydrogen-bond acceptors (Lipinski definition) is 5. The van der Waals surface area contributed by atoms with Gasteiger partial charge >= 0.3 is 0 Å². The van der Waals surface area contributed by atoms with Gasteiger partial charge in [0.15, 0.2) is 11.5 Å². The molecule has 1 fully saturated rings. The summed E-state index contributed by atoms with van der Waals surface area (Å²) in [4.78, 5) is 12.8. The van der Waals surface area contributed by atoms with Crippen LogP contribution in [-0.4, -0.2) is 40.4 Å². The minimum absolute atomic E-state index is 0.152. The maximum absolute atomic E-state index is 10.8. The molecule has 0 spiro atoms. The summed E-state index contributed by atoms with van der Waals surface area (Å²) in [7, 11) is 0. The number of β-amino-alcohol motifs (C(OH)–C–C–N with tert-alkyl or cyclic N) is 1. The molecule has 1 aliphatic heterocycles. The maximum atomic E-state index is 10.8. The lowest BCUT2D eigenvalue weighted by Crippen LogP contribution is -2.43. The van der Waals surface area contributed by atoms with Crippen molar-refractivity contribution >= 4 is 11.7 Å². The lowest BCUT2D eigenvalue weighted by atomic mass is 9.96. The van der Waals surface area contributed by atoms with Crippen LogP contribution in [0.15, 0.2) is 12.1 Å². The van der Waals surface area contributed by atoms with E-state index >= 15 is 0 Å². The molecule has 2 unspecified atom stereocenters. The highest BCUT2D eigenvalue weighted by atomic mass is 16.3. The topological polar surface area (TPSA) is 92.3 Å². The molecule has 1 saturated heterocycles. The van der Waals surface area contributed by atoms with E-state index in [1.54, 1.807) is 12.1 Å². The van der Waals surface area contributed by atoms with Crippen molar-refractivity contribution in [3.8, 4) is 0 Å². The minimum atomic E-state index is -0.587. The molecule has 17 heavy (non-hydrogen) atoms. The molecule has 0 bridgehead atoms. The van der Waals surface area contributed by atoms with Crippen molar-refractivity contribution in [1.29, 1.82) is 0 Å². The van der Waals surface area contributed by atoms with Gasteiger partial charge < -0.3 is 15.7 Å². The second-order valence-corrected chi connectivity index (χ2v) is 4.42. The summed E-state index contributed by atoms with van der Waals surface area (Å²) in [6, 6.07) is 3.25. The predicted molar refractivity (Wildman–Crippen MR) is 62.6 cm³/mol. The number of amides is 1. The van der Waals surface area contributed by atoms with Crippen molar-refractivity contribution < 1.29 is 9.90 Å². The first-order valence-electron chi connectivity index (χ1n) is 5.64. The largest absolute Gasteiger partial charge is 0.391 e. The fraction of sp³-hybridized carbons (Fsp3) is 0.545. The van der Waals surface area contributed by atoms with Gasteiger partial charge in [0.05, 0.1) is 6.10 Å². The zero-order valence-corrected chi connectivity index (χ0v) is 9.71. The van der Waals surface area contributed by atoms with E-state index in [9.17, 15) is 9.90 Å². The number of aromatic nitrogens is 2. The molecule has 0 saturated carbocycles. The Bertz CT molecular complexity index is 406. The second kappa shape index (κ2) is 4.67. The lowest BCUT2D eigenvalue weighted by molar-refractivity contribution is 0.0992. The Morgan fingerprint density at radius 3 is 2.82 bits per heavy atom. The van der Waals surface area contributed by atoms with Crippen molar-refractivity contribution in [3.05, 3.63) is 17.8 Å². The number of hydrogen-bond donors (Lipinski definition) is 2. The van der Waals surface area contributed by atoms with Crippen LogP contribution >= 0.6 is 0 Å². The summed E-state index contributed by atoms with van der Waals surface area (Å²) < 4.78 is 0. The predicted octanol–water partition coefficient (Wildman–Crippen LogP) is -0.217. The highest BCUT2D eigenvalue weighted by molar-refractivity contribution is 5.90. The Kier molecular flexibility index (Phi) is 3.23. The lowest BCUT2D eigenvalue weighted by Gasteiger charge is -2.34. The number of anilines is 1. The molecule has 1 aromatic rings. The Hall–Kier alpha value is -1.69. The first kappa shape index (κ1) is 11.8. The molecule has 1 aromatic heterocycles. The minimum Gasteiger partial charge on any atom is -0.391 e. The van der Waals surface area contributed by atoms with Gasteiger partial charge in [-0.25, -0.2) is 0 Å². The van der Waals surface area contributed by atoms with Gasteiger partial charge in [0.1, 0.15) is 0 Å². The molecule has 3 N–H and O–H groups in total. The Balaban J connectivity index is 2.10. The zero-order chi connectivity index (χ0) is 12.4. The average Bonchev–Trinajstić information content (AvgIpc) is 2.33. The smallest absolute Gasteiger partial charge is 0.269 e. The van der Waals surface area contributed by atoms with E-state index < -0.39 is 5.91 Å². The maximum Gasteiger partial charge on any atom is 0.269 e. The van der Waals surface area contributed by atoms with Crippen molar-refractivity contribution in [3.63, 3.8) is 0 Å². The van der Waals surface area contributed by atoms with E-state index in [2.05, 4.69) is 10.2 Å². The first-order chi connectivity index (χ1) is 8.08. The Morgan fingerprint density at radius 2 is 2.29 bits per heavy atom. The van der Waals surface area contributed by atoms with E-state index in [1.165, 1.54) is 0 Å². The van der Waals surface area contributed by atoms with E-state index in [4.69, 9.17) is 5.73 Å². The van der Waals surface area contributed by atoms with Gasteiger partial charge in [0.2, 0.25) is 0 Å². The molecule has 2 atom stereocenters. The fourth-order valence-corrected chi connectivity index (χ4v) is 1.88. The van der Waals surface area contributed by atoms with Crippen LogP contribution in [0.25, 0.3) is 0 Å². The van der Waals surface area contributed by atoms with Crippen LogP contribution in [0.1, 0.15) is 23.8 Å². The van der Waals surface area contributed by atoms with Gasteiger partial charge in [-0.3, -0.25) is 4.79 Å². The molecular weight excluding hydrogens is 220 g/mol. The summed E-state index contributed by atoms with van der Waals surface area (Å²) in [6.45, 7) is 3.42. The summed E-state index contributed by atoms with van der Waals surface area (Å²) in [5, 5.41) is 17.5. The fourth-order valence-electron chi connectivity index (χ4n) is 1.88. The number of carbonyl (C=O) groups is 1. The molecular formula is C11H16N4O2. The number of primary amides is 1. The van der Waals surface area contributed by atoms with Gasteiger partial charge in [0, 0.05) is 13.1 Å². The third-order valence-electron chi connectivity index (χ3n) is 3.15. The molecule has 0 radical (unpaired) electrons. The molecule has 92 valence electrons. The van der Waals surface area contributed by atoms with Crippen LogP contribution in [0, 0.1) is 5.92 Å². The third-order valence-corrected chi connectivity index (χ3v) is 3.15. The van der Waals surface area contributed by atoms with E-state index in [0.29, 0.717) is 18.3 Å². The normalized spacial score (nSPS) is 24.7. The van der Waals surface area contributed by atoms with Crippen LogP contribution < -0.4 is 10.6 Å². The number of aliphatic hydroxyl groups is 1. The summed E-state index contributed by atoms with van der Waals surface area (Å²) >= 11 is 0.